The molecule has 16 heavy (non-hydrogen) atoms. The lowest BCUT2D eigenvalue weighted by atomic mass is 10.3. The van der Waals surface area contributed by atoms with Crippen molar-refractivity contribution in [1.29, 1.82) is 0 Å². The third-order valence-electron chi connectivity index (χ3n) is 1.49. The summed E-state index contributed by atoms with van der Waals surface area (Å²) in [5.41, 5.74) is 0. The van der Waals surface area contributed by atoms with Crippen LogP contribution in [-0.2, 0) is 4.79 Å². The Morgan fingerprint density at radius 3 is 2.19 bits per heavy atom. The standard InChI is InChI=1S/C9H18N2O.NO3/c1-5-9(12)10-7-6-8-11(2,3)4;2-1(3)4/h5H,1,6-8H2,2-4H3;/q;-1/p+1. The molecule has 0 atom stereocenters. The van der Waals surface area contributed by atoms with Crippen LogP contribution >= 0.6 is 0 Å². The lowest BCUT2D eigenvalue weighted by Crippen LogP contribution is -2.37. The smallest absolute Gasteiger partial charge is 0.243 e. The number of quaternary nitrogens is 1. The number of nitrogens with one attached hydrogen (secondary N) is 1. The number of hydrogen-bond donors (Lipinski definition) is 1. The average Bonchev–Trinajstić information content (AvgIpc) is 2.09. The third kappa shape index (κ3) is 22.8. The van der Waals surface area contributed by atoms with Gasteiger partial charge in [0.05, 0.1) is 32.8 Å². The summed E-state index contributed by atoms with van der Waals surface area (Å²) in [6.07, 6.45) is 2.30. The molecule has 94 valence electrons. The van der Waals surface area contributed by atoms with Crippen molar-refractivity contribution < 1.29 is 14.4 Å². The van der Waals surface area contributed by atoms with Crippen molar-refractivity contribution >= 4 is 5.91 Å². The first-order valence-electron chi connectivity index (χ1n) is 4.71. The van der Waals surface area contributed by atoms with Crippen LogP contribution in [0.4, 0.5) is 0 Å². The highest BCUT2D eigenvalue weighted by molar-refractivity contribution is 5.86. The van der Waals surface area contributed by atoms with E-state index in [2.05, 4.69) is 33.0 Å². The maximum atomic E-state index is 10.7. The maximum absolute atomic E-state index is 10.7. The first-order chi connectivity index (χ1) is 7.19. The fourth-order valence-corrected chi connectivity index (χ4v) is 0.837. The molecule has 0 heterocycles. The monoisotopic (exact) mass is 233 g/mol. The predicted octanol–water partition coefficient (Wildman–Crippen LogP) is 0.146. The number of nitrogens with zero attached hydrogens (tertiary/aromatic N) is 2. The SMILES string of the molecule is C=CC(=O)NCCC[N+](C)(C)C.O=[N+]([O-])[O-]. The minimum Gasteiger partial charge on any atom is -0.356 e. The Morgan fingerprint density at radius 2 is 1.88 bits per heavy atom. The van der Waals surface area contributed by atoms with Crippen LogP contribution in [0.5, 0.6) is 0 Å². The highest BCUT2D eigenvalue weighted by atomic mass is 16.9. The molecule has 0 fully saturated rings. The number of hydrogen-bond acceptors (Lipinski definition) is 4. The molecular formula is C9H19N3O4. The van der Waals surface area contributed by atoms with Crippen LogP contribution < -0.4 is 5.32 Å². The molecule has 0 unspecified atom stereocenters. The molecule has 1 N–H and O–H groups in total. The van der Waals surface area contributed by atoms with Crippen molar-refractivity contribution in [3.63, 3.8) is 0 Å². The molecule has 0 aromatic heterocycles. The minimum atomic E-state index is -1.75. The summed E-state index contributed by atoms with van der Waals surface area (Å²) in [5, 5.41) is 17.5. The van der Waals surface area contributed by atoms with E-state index in [0.717, 1.165) is 24.0 Å². The highest BCUT2D eigenvalue weighted by Crippen LogP contribution is 1.91. The molecule has 0 saturated carbocycles. The van der Waals surface area contributed by atoms with Crippen molar-refractivity contribution in [1.82, 2.24) is 5.32 Å². The van der Waals surface area contributed by atoms with E-state index in [1.54, 1.807) is 0 Å². The van der Waals surface area contributed by atoms with Gasteiger partial charge in [-0.15, -0.1) is 0 Å². The van der Waals surface area contributed by atoms with Gasteiger partial charge < -0.3 is 25.1 Å². The molecule has 1 amide bonds. The molecule has 0 bridgehead atoms. The predicted molar refractivity (Wildman–Crippen MR) is 61.1 cm³/mol. The molecule has 0 rings (SSSR count). The van der Waals surface area contributed by atoms with Crippen molar-refractivity contribution in [3.8, 4) is 0 Å². The fourth-order valence-electron chi connectivity index (χ4n) is 0.837. The summed E-state index contributed by atoms with van der Waals surface area (Å²) in [6.45, 7) is 5.18. The van der Waals surface area contributed by atoms with E-state index >= 15 is 0 Å². The summed E-state index contributed by atoms with van der Waals surface area (Å²) in [5.74, 6) is -0.0867. The first-order valence-corrected chi connectivity index (χ1v) is 4.71. The average molecular weight is 233 g/mol. The second-order valence-electron chi connectivity index (χ2n) is 4.09. The lowest BCUT2D eigenvalue weighted by molar-refractivity contribution is -0.870. The third-order valence-corrected chi connectivity index (χ3v) is 1.49. The molecule has 0 aromatic rings. The molecule has 0 aliphatic carbocycles. The zero-order chi connectivity index (χ0) is 13.2. The fraction of sp³-hybridized carbons (Fsp3) is 0.667. The van der Waals surface area contributed by atoms with E-state index in [4.69, 9.17) is 15.3 Å². The number of carbonyl (C=O) groups is 1. The molecule has 0 spiro atoms. The van der Waals surface area contributed by atoms with Crippen molar-refractivity contribution in [3.05, 3.63) is 28.0 Å². The van der Waals surface area contributed by atoms with Crippen LogP contribution in [0, 0.1) is 15.3 Å². The Morgan fingerprint density at radius 1 is 1.44 bits per heavy atom. The van der Waals surface area contributed by atoms with Crippen molar-refractivity contribution in [2.24, 2.45) is 0 Å². The highest BCUT2D eigenvalue weighted by Gasteiger charge is 2.05. The number of rotatable bonds is 5. The largest absolute Gasteiger partial charge is 0.356 e. The van der Waals surface area contributed by atoms with E-state index < -0.39 is 5.09 Å². The van der Waals surface area contributed by atoms with Gasteiger partial charge >= 0.3 is 0 Å². The van der Waals surface area contributed by atoms with E-state index in [-0.39, 0.29) is 5.91 Å². The number of amides is 1. The van der Waals surface area contributed by atoms with Gasteiger partial charge in [0, 0.05) is 13.0 Å². The minimum absolute atomic E-state index is 0.0867. The summed E-state index contributed by atoms with van der Waals surface area (Å²) in [7, 11) is 6.40. The Balaban J connectivity index is 0. The van der Waals surface area contributed by atoms with Gasteiger partial charge in [-0.2, -0.15) is 0 Å². The molecule has 0 aliphatic heterocycles. The molecule has 0 aliphatic rings. The second-order valence-corrected chi connectivity index (χ2v) is 4.09. The Hall–Kier alpha value is -1.63. The molecule has 7 nitrogen and oxygen atoms in total. The summed E-state index contributed by atoms with van der Waals surface area (Å²) in [6, 6.07) is 0. The van der Waals surface area contributed by atoms with Gasteiger partial charge in [-0.3, -0.25) is 4.79 Å². The molecule has 0 aromatic carbocycles. The number of carbonyl (C=O) groups excluding carboxylic acids is 1. The van der Waals surface area contributed by atoms with Crippen LogP contribution in [0.3, 0.4) is 0 Å². The van der Waals surface area contributed by atoms with Crippen LogP contribution in [-0.4, -0.2) is 49.7 Å². The van der Waals surface area contributed by atoms with Gasteiger partial charge in [-0.25, -0.2) is 0 Å². The van der Waals surface area contributed by atoms with Gasteiger partial charge in [0.2, 0.25) is 5.91 Å². The van der Waals surface area contributed by atoms with E-state index in [0.29, 0.717) is 0 Å². The van der Waals surface area contributed by atoms with E-state index in [1.807, 2.05) is 0 Å². The quantitative estimate of drug-likeness (QED) is 0.240. The van der Waals surface area contributed by atoms with Gasteiger partial charge in [0.25, 0.3) is 0 Å². The van der Waals surface area contributed by atoms with Gasteiger partial charge in [-0.1, -0.05) is 6.58 Å². The zero-order valence-electron chi connectivity index (χ0n) is 9.93. The normalized spacial score (nSPS) is 9.69. The zero-order valence-corrected chi connectivity index (χ0v) is 9.93. The Labute approximate surface area is 95.1 Å². The van der Waals surface area contributed by atoms with Gasteiger partial charge in [-0.05, 0) is 6.08 Å². The van der Waals surface area contributed by atoms with Gasteiger partial charge in [0.1, 0.15) is 0 Å². The van der Waals surface area contributed by atoms with Crippen molar-refractivity contribution in [2.45, 2.75) is 6.42 Å². The lowest BCUT2D eigenvalue weighted by Gasteiger charge is -2.23. The molecule has 7 heteroatoms. The van der Waals surface area contributed by atoms with Crippen LogP contribution in [0.1, 0.15) is 6.42 Å². The Bertz CT molecular complexity index is 231. The van der Waals surface area contributed by atoms with E-state index in [1.165, 1.54) is 6.08 Å². The topological polar surface area (TPSA) is 95.3 Å². The van der Waals surface area contributed by atoms with E-state index in [9.17, 15) is 4.79 Å². The summed E-state index contributed by atoms with van der Waals surface area (Å²) < 4.78 is 0.934. The van der Waals surface area contributed by atoms with Gasteiger partial charge in [0.15, 0.2) is 0 Å². The molecule has 0 radical (unpaired) electrons. The van der Waals surface area contributed by atoms with Crippen LogP contribution in [0.25, 0.3) is 0 Å². The maximum Gasteiger partial charge on any atom is 0.243 e. The summed E-state index contributed by atoms with van der Waals surface area (Å²) in [4.78, 5) is 19.0. The van der Waals surface area contributed by atoms with Crippen LogP contribution in [0.2, 0.25) is 0 Å². The second kappa shape index (κ2) is 8.66. The van der Waals surface area contributed by atoms with Crippen LogP contribution in [0.15, 0.2) is 12.7 Å². The molecule has 0 saturated heterocycles. The van der Waals surface area contributed by atoms with Crippen molar-refractivity contribution in [2.75, 3.05) is 34.2 Å². The Kier molecular flexibility index (Phi) is 9.09. The first kappa shape index (κ1) is 16.8. The molecular weight excluding hydrogens is 214 g/mol. The summed E-state index contributed by atoms with van der Waals surface area (Å²) >= 11 is 0.